The summed E-state index contributed by atoms with van der Waals surface area (Å²) in [6, 6.07) is 95.9. The molecule has 0 saturated carbocycles. The molecule has 0 N–H and O–H groups in total. The van der Waals surface area contributed by atoms with Crippen LogP contribution in [0.3, 0.4) is 0 Å². The summed E-state index contributed by atoms with van der Waals surface area (Å²) >= 11 is 0. The Kier molecular flexibility index (Phi) is 8.74. The molecule has 5 aliphatic rings. The van der Waals surface area contributed by atoms with Crippen LogP contribution in [-0.2, 0) is 10.8 Å². The van der Waals surface area contributed by atoms with E-state index in [9.17, 15) is 0 Å². The van der Waals surface area contributed by atoms with E-state index in [2.05, 4.69) is 282 Å². The molecular weight excluding hydrogens is 993 g/mol. The van der Waals surface area contributed by atoms with Gasteiger partial charge in [-0.1, -0.05) is 206 Å². The van der Waals surface area contributed by atoms with Crippen LogP contribution in [0.5, 0.6) is 0 Å². The van der Waals surface area contributed by atoms with Crippen molar-refractivity contribution in [1.82, 2.24) is 19.2 Å². The van der Waals surface area contributed by atoms with Crippen molar-refractivity contribution in [1.29, 1.82) is 0 Å². The third kappa shape index (κ3) is 5.56. The molecule has 0 aliphatic heterocycles. The summed E-state index contributed by atoms with van der Waals surface area (Å²) in [5, 5.41) is 14.2. The smallest absolute Gasteiger partial charge is 0.168 e. The molecule has 4 heteroatoms. The summed E-state index contributed by atoms with van der Waals surface area (Å²) in [7, 11) is 0. The van der Waals surface area contributed by atoms with Crippen LogP contribution < -0.4 is 0 Å². The van der Waals surface area contributed by atoms with Gasteiger partial charge in [-0.2, -0.15) is 0 Å². The van der Waals surface area contributed by atoms with Gasteiger partial charge >= 0.3 is 0 Å². The van der Waals surface area contributed by atoms with Crippen molar-refractivity contribution in [2.24, 2.45) is 0 Å². The van der Waals surface area contributed by atoms with Gasteiger partial charge in [0.05, 0.1) is 21.9 Å². The summed E-state index contributed by atoms with van der Waals surface area (Å²) in [4.78, 5) is 0. The predicted octanol–water partition coefficient (Wildman–Crippen LogP) is 18.5. The van der Waals surface area contributed by atoms with E-state index in [1.165, 1.54) is 128 Å². The molecule has 2 spiro atoms. The molecule has 0 bridgehead atoms. The van der Waals surface area contributed by atoms with Crippen LogP contribution in [0.25, 0.3) is 105 Å². The van der Waals surface area contributed by atoms with Crippen LogP contribution >= 0.6 is 0 Å². The van der Waals surface area contributed by atoms with E-state index in [-0.39, 0.29) is 11.3 Å². The third-order valence-corrected chi connectivity index (χ3v) is 19.4. The van der Waals surface area contributed by atoms with Gasteiger partial charge in [-0.25, -0.2) is 0 Å². The first kappa shape index (κ1) is 44.4. The lowest BCUT2D eigenvalue weighted by Gasteiger charge is -2.33. The van der Waals surface area contributed by atoms with Crippen molar-refractivity contribution in [2.75, 3.05) is 0 Å². The number of nitrogens with zero attached hydrogens (tertiary/aromatic N) is 4. The molecule has 380 valence electrons. The van der Waals surface area contributed by atoms with Crippen LogP contribution in [0.1, 0.15) is 62.4 Å². The molecule has 0 amide bonds. The number of fused-ring (bicyclic) bond motifs is 26. The Labute approximate surface area is 473 Å². The molecule has 0 radical (unpaired) electrons. The van der Waals surface area contributed by atoms with Gasteiger partial charge in [0, 0.05) is 39.5 Å². The highest BCUT2D eigenvalue weighted by molar-refractivity contribution is 6.11. The molecule has 1 atom stereocenters. The van der Waals surface area contributed by atoms with Gasteiger partial charge in [-0.3, -0.25) is 4.40 Å². The Bertz CT molecular complexity index is 5110. The molecule has 1 unspecified atom stereocenters. The topological polar surface area (TPSA) is 35.1 Å². The minimum atomic E-state index is -0.423. The van der Waals surface area contributed by atoms with E-state index < -0.39 is 5.41 Å². The minimum absolute atomic E-state index is 0.164. The first-order valence-corrected chi connectivity index (χ1v) is 28.7. The van der Waals surface area contributed by atoms with Crippen LogP contribution in [0, 0.1) is 0 Å². The maximum Gasteiger partial charge on any atom is 0.168 e. The van der Waals surface area contributed by atoms with Gasteiger partial charge < -0.3 is 4.57 Å². The first-order valence-electron chi connectivity index (χ1n) is 28.7. The van der Waals surface area contributed by atoms with Gasteiger partial charge in [0.2, 0.25) is 0 Å². The Balaban J connectivity index is 0.796. The van der Waals surface area contributed by atoms with E-state index in [0.29, 0.717) is 0 Å². The lowest BCUT2D eigenvalue weighted by molar-refractivity contribution is 0.759. The fourth-order valence-corrected chi connectivity index (χ4v) is 16.1. The summed E-state index contributed by atoms with van der Waals surface area (Å²) in [5.74, 6) is 0.986. The Morgan fingerprint density at radius 2 is 0.878 bits per heavy atom. The zero-order valence-corrected chi connectivity index (χ0v) is 44.6. The summed E-state index contributed by atoms with van der Waals surface area (Å²) in [5.41, 5.74) is 29.8. The highest BCUT2D eigenvalue weighted by Gasteiger charge is 2.54. The molecule has 4 nitrogen and oxygen atoms in total. The first-order chi connectivity index (χ1) is 40.7. The highest BCUT2D eigenvalue weighted by Crippen LogP contribution is 2.66. The van der Waals surface area contributed by atoms with Crippen molar-refractivity contribution in [3.05, 3.63) is 329 Å². The lowest BCUT2D eigenvalue weighted by Crippen LogP contribution is -2.27. The SMILES string of the molecule is C1=C2C(=CC(c3ccc4c(c3)c3cc(-c5ccc6c(c5)C5(c7ccccc7-c7ccccc75)c5ccccc5-6)ccc3n4-c3ccc(-c4nnc5c6ccccc6ccn45)cc3)C1)C1(c3ccccc32)c2ccccc2-c2ccccc21. The van der Waals surface area contributed by atoms with Gasteiger partial charge in [0.25, 0.3) is 0 Å². The molecule has 11 aromatic carbocycles. The molecule has 0 saturated heterocycles. The largest absolute Gasteiger partial charge is 0.309 e. The molecular formula is C78H48N4. The Morgan fingerprint density at radius 1 is 0.378 bits per heavy atom. The highest BCUT2D eigenvalue weighted by atomic mass is 15.2. The molecule has 19 rings (SSSR count). The number of aromatic nitrogens is 4. The van der Waals surface area contributed by atoms with E-state index in [1.807, 2.05) is 0 Å². The maximum absolute atomic E-state index is 4.75. The van der Waals surface area contributed by atoms with Crippen LogP contribution in [0.4, 0.5) is 0 Å². The molecule has 0 fully saturated rings. The van der Waals surface area contributed by atoms with E-state index in [4.69, 9.17) is 10.2 Å². The second-order valence-corrected chi connectivity index (χ2v) is 23.1. The number of benzene rings is 11. The van der Waals surface area contributed by atoms with Crippen molar-refractivity contribution < 1.29 is 0 Å². The maximum atomic E-state index is 4.75. The Hall–Kier alpha value is -10.4. The van der Waals surface area contributed by atoms with E-state index >= 15 is 0 Å². The minimum Gasteiger partial charge on any atom is -0.309 e. The van der Waals surface area contributed by atoms with E-state index in [0.717, 1.165) is 39.9 Å². The van der Waals surface area contributed by atoms with Gasteiger partial charge in [-0.05, 0) is 178 Å². The monoisotopic (exact) mass is 1040 g/mol. The average molecular weight is 1040 g/mol. The zero-order chi connectivity index (χ0) is 53.4. The number of pyridine rings is 1. The number of rotatable bonds is 4. The van der Waals surface area contributed by atoms with Crippen molar-refractivity contribution >= 4 is 43.8 Å². The molecule has 14 aromatic rings. The second kappa shape index (κ2) is 16.1. The van der Waals surface area contributed by atoms with Crippen molar-refractivity contribution in [2.45, 2.75) is 23.2 Å². The number of hydrogen-bond donors (Lipinski definition) is 0. The quantitative estimate of drug-likeness (QED) is 0.176. The molecule has 3 aromatic heterocycles. The lowest BCUT2D eigenvalue weighted by atomic mass is 9.68. The molecule has 3 heterocycles. The fraction of sp³-hybridized carbons (Fsp3) is 0.0513. The molecule has 82 heavy (non-hydrogen) atoms. The Morgan fingerprint density at radius 3 is 1.52 bits per heavy atom. The fourth-order valence-electron chi connectivity index (χ4n) is 16.1. The summed E-state index contributed by atoms with van der Waals surface area (Å²) in [6.45, 7) is 0. The summed E-state index contributed by atoms with van der Waals surface area (Å²) in [6.07, 6.45) is 8.20. The van der Waals surface area contributed by atoms with Gasteiger partial charge in [0.15, 0.2) is 11.5 Å². The van der Waals surface area contributed by atoms with Gasteiger partial charge in [-0.15, -0.1) is 10.2 Å². The van der Waals surface area contributed by atoms with Crippen LogP contribution in [-0.4, -0.2) is 19.2 Å². The van der Waals surface area contributed by atoms with Crippen molar-refractivity contribution in [3.63, 3.8) is 0 Å². The predicted molar refractivity (Wildman–Crippen MR) is 334 cm³/mol. The third-order valence-electron chi connectivity index (χ3n) is 19.4. The molecule has 5 aliphatic carbocycles. The van der Waals surface area contributed by atoms with Crippen LogP contribution in [0.2, 0.25) is 0 Å². The summed E-state index contributed by atoms with van der Waals surface area (Å²) < 4.78 is 4.57. The van der Waals surface area contributed by atoms with E-state index in [1.54, 1.807) is 0 Å². The average Bonchev–Trinajstić information content (AvgIpc) is 3.33. The number of allylic oxidation sites excluding steroid dienone is 4. The zero-order valence-electron chi connectivity index (χ0n) is 44.6. The second-order valence-electron chi connectivity index (χ2n) is 23.1. The van der Waals surface area contributed by atoms with Gasteiger partial charge in [0.1, 0.15) is 0 Å². The normalized spacial score (nSPS) is 16.0. The number of hydrogen-bond acceptors (Lipinski definition) is 2. The van der Waals surface area contributed by atoms with Crippen molar-refractivity contribution in [3.8, 4) is 61.6 Å². The standard InChI is InChI=1S/C78H48N4/c1-2-16-54-47(15-1)41-42-81-75(79-80-76(54)81)48-29-35-53(36-30-48)82-73-39-33-49(51-31-37-61-59-21-7-13-27-69(59)77(71(61)45-51)65-23-9-3-17-55(65)56-18-4-10-24-66(56)77)43-63(73)64-44-50(34-40-74(64)82)52-32-38-62-60-22-8-14-28-70(60)78(72(62)46-52)67-25-11-5-19-57(67)58-20-6-12-26-68(58)78/h1-31,33-46,52H,32H2. The van der Waals surface area contributed by atoms with Crippen LogP contribution in [0.15, 0.2) is 279 Å².